The number of hydrogen-bond donors (Lipinski definition) is 0. The zero-order valence-corrected chi connectivity index (χ0v) is 15.5. The van der Waals surface area contributed by atoms with E-state index in [1.807, 2.05) is 47.8 Å². The van der Waals surface area contributed by atoms with Crippen LogP contribution in [0, 0.1) is 0 Å². The van der Waals surface area contributed by atoms with Crippen molar-refractivity contribution in [3.05, 3.63) is 87.1 Å². The molecule has 0 N–H and O–H groups in total. The quantitative estimate of drug-likeness (QED) is 0.489. The molecule has 1 atom stereocenters. The summed E-state index contributed by atoms with van der Waals surface area (Å²) in [5.74, 6) is -0.0459. The van der Waals surface area contributed by atoms with Crippen molar-refractivity contribution >= 4 is 34.3 Å². The lowest BCUT2D eigenvalue weighted by Crippen LogP contribution is -2.19. The molecule has 2 nitrogen and oxygen atoms in total. The van der Waals surface area contributed by atoms with Crippen LogP contribution < -0.4 is 5.01 Å². The van der Waals surface area contributed by atoms with E-state index in [1.54, 1.807) is 16.3 Å². The fourth-order valence-electron chi connectivity index (χ4n) is 3.13. The fraction of sp³-hybridized carbons (Fsp3) is 0.150. The van der Waals surface area contributed by atoms with Crippen LogP contribution in [0.4, 0.5) is 18.9 Å². The Bertz CT molecular complexity index is 969. The van der Waals surface area contributed by atoms with Crippen molar-refractivity contribution < 1.29 is 13.2 Å². The summed E-state index contributed by atoms with van der Waals surface area (Å²) in [4.78, 5) is 0.995. The van der Waals surface area contributed by atoms with Crippen molar-refractivity contribution in [1.82, 2.24) is 0 Å². The van der Waals surface area contributed by atoms with Gasteiger partial charge in [0.1, 0.15) is 0 Å². The monoisotopic (exact) mass is 406 g/mol. The van der Waals surface area contributed by atoms with Gasteiger partial charge in [-0.15, -0.1) is 11.3 Å². The zero-order chi connectivity index (χ0) is 19.0. The summed E-state index contributed by atoms with van der Waals surface area (Å²) in [6.07, 6.45) is -4.43. The van der Waals surface area contributed by atoms with Crippen LogP contribution in [0.3, 0.4) is 0 Å². The van der Waals surface area contributed by atoms with E-state index in [4.69, 9.17) is 11.6 Å². The van der Waals surface area contributed by atoms with Crippen molar-refractivity contribution in [1.29, 1.82) is 0 Å². The highest BCUT2D eigenvalue weighted by molar-refractivity contribution is 7.12. The molecule has 0 spiro atoms. The molecule has 3 aromatic rings. The lowest BCUT2D eigenvalue weighted by atomic mass is 9.94. The third-order valence-corrected chi connectivity index (χ3v) is 5.65. The molecule has 0 aliphatic carbocycles. The SMILES string of the molecule is FC(F)(F)c1ccc(Cl)c(N2CC(c3ccccc3)C(c3cccs3)=N2)c1. The Balaban J connectivity index is 1.77. The van der Waals surface area contributed by atoms with E-state index in [0.717, 1.165) is 28.3 Å². The van der Waals surface area contributed by atoms with Crippen molar-refractivity contribution in [3.63, 3.8) is 0 Å². The van der Waals surface area contributed by atoms with Crippen molar-refractivity contribution in [2.24, 2.45) is 5.10 Å². The molecule has 0 saturated heterocycles. The first kappa shape index (κ1) is 18.1. The summed E-state index contributed by atoms with van der Waals surface area (Å²) >= 11 is 7.77. The minimum atomic E-state index is -4.43. The van der Waals surface area contributed by atoms with Gasteiger partial charge >= 0.3 is 6.18 Å². The molecule has 0 radical (unpaired) electrons. The maximum atomic E-state index is 13.1. The Labute approximate surface area is 163 Å². The van der Waals surface area contributed by atoms with Gasteiger partial charge in [0.05, 0.1) is 33.4 Å². The Morgan fingerprint density at radius 2 is 1.81 bits per heavy atom. The number of thiophene rings is 1. The molecule has 0 saturated carbocycles. The van der Waals surface area contributed by atoms with E-state index < -0.39 is 11.7 Å². The molecule has 0 amide bonds. The third kappa shape index (κ3) is 3.59. The molecule has 4 rings (SSSR count). The summed E-state index contributed by atoms with van der Waals surface area (Å²) in [6.45, 7) is 0.429. The standard InChI is InChI=1S/C20H14ClF3N2S/c21-16-9-8-14(20(22,23)24)11-17(16)26-12-15(13-5-2-1-3-6-13)19(25-26)18-7-4-10-27-18/h1-11,15H,12H2. The van der Waals surface area contributed by atoms with Gasteiger partial charge in [0.2, 0.25) is 0 Å². The number of hydrazone groups is 1. The maximum absolute atomic E-state index is 13.1. The van der Waals surface area contributed by atoms with Crippen LogP contribution in [0.5, 0.6) is 0 Å². The van der Waals surface area contributed by atoms with Crippen LogP contribution in [-0.4, -0.2) is 12.3 Å². The van der Waals surface area contributed by atoms with Crippen LogP contribution in [0.1, 0.15) is 21.9 Å². The second kappa shape index (κ2) is 7.02. The van der Waals surface area contributed by atoms with Gasteiger partial charge < -0.3 is 0 Å². The third-order valence-electron chi connectivity index (χ3n) is 4.44. The van der Waals surface area contributed by atoms with E-state index in [2.05, 4.69) is 5.10 Å². The maximum Gasteiger partial charge on any atom is 0.416 e. The van der Waals surface area contributed by atoms with E-state index >= 15 is 0 Å². The van der Waals surface area contributed by atoms with E-state index in [1.165, 1.54) is 6.07 Å². The highest BCUT2D eigenvalue weighted by Gasteiger charge is 2.34. The normalized spacial score (nSPS) is 17.3. The summed E-state index contributed by atoms with van der Waals surface area (Å²) in [5, 5.41) is 8.42. The number of nitrogens with zero attached hydrogens (tertiary/aromatic N) is 2. The minimum absolute atomic E-state index is 0.0459. The molecule has 1 aliphatic heterocycles. The molecule has 2 heterocycles. The Kier molecular flexibility index (Phi) is 4.70. The molecule has 138 valence electrons. The number of rotatable bonds is 3. The Morgan fingerprint density at radius 1 is 1.04 bits per heavy atom. The Hall–Kier alpha value is -2.31. The van der Waals surface area contributed by atoms with Gasteiger partial charge in [-0.1, -0.05) is 48.0 Å². The zero-order valence-electron chi connectivity index (χ0n) is 13.9. The van der Waals surface area contributed by atoms with Gasteiger partial charge in [-0.25, -0.2) is 0 Å². The van der Waals surface area contributed by atoms with Gasteiger partial charge in [-0.2, -0.15) is 18.3 Å². The summed E-state index contributed by atoms with van der Waals surface area (Å²) in [7, 11) is 0. The first-order valence-electron chi connectivity index (χ1n) is 8.25. The van der Waals surface area contributed by atoms with Gasteiger partial charge in [-0.05, 0) is 35.2 Å². The highest BCUT2D eigenvalue weighted by Crippen LogP contribution is 2.39. The van der Waals surface area contributed by atoms with E-state index in [-0.39, 0.29) is 16.6 Å². The molecular weight excluding hydrogens is 393 g/mol. The lowest BCUT2D eigenvalue weighted by Gasteiger charge is -2.19. The van der Waals surface area contributed by atoms with Crippen LogP contribution in [0.2, 0.25) is 5.02 Å². The molecule has 7 heteroatoms. The molecule has 1 aliphatic rings. The fourth-order valence-corrected chi connectivity index (χ4v) is 4.11. The average molecular weight is 407 g/mol. The summed E-state index contributed by atoms with van der Waals surface area (Å²) < 4.78 is 39.4. The Morgan fingerprint density at radius 3 is 2.48 bits per heavy atom. The number of anilines is 1. The van der Waals surface area contributed by atoms with E-state index in [9.17, 15) is 13.2 Å². The topological polar surface area (TPSA) is 15.6 Å². The number of hydrogen-bond acceptors (Lipinski definition) is 3. The highest BCUT2D eigenvalue weighted by atomic mass is 35.5. The first-order chi connectivity index (χ1) is 12.9. The number of halogens is 4. The lowest BCUT2D eigenvalue weighted by molar-refractivity contribution is -0.137. The molecule has 0 fully saturated rings. The second-order valence-corrected chi connectivity index (χ2v) is 7.53. The van der Waals surface area contributed by atoms with Crippen molar-refractivity contribution in [2.45, 2.75) is 12.1 Å². The second-order valence-electron chi connectivity index (χ2n) is 6.17. The largest absolute Gasteiger partial charge is 0.416 e. The van der Waals surface area contributed by atoms with Gasteiger partial charge in [-0.3, -0.25) is 5.01 Å². The predicted octanol–water partition coefficient (Wildman–Crippen LogP) is 6.43. The van der Waals surface area contributed by atoms with E-state index in [0.29, 0.717) is 6.54 Å². The molecule has 1 unspecified atom stereocenters. The van der Waals surface area contributed by atoms with Gasteiger partial charge in [0, 0.05) is 5.92 Å². The molecular formula is C20H14ClF3N2S. The van der Waals surface area contributed by atoms with Crippen LogP contribution in [0.15, 0.2) is 71.1 Å². The van der Waals surface area contributed by atoms with Crippen molar-refractivity contribution in [2.75, 3.05) is 11.6 Å². The van der Waals surface area contributed by atoms with Gasteiger partial charge in [0.25, 0.3) is 0 Å². The number of alkyl halides is 3. The summed E-state index contributed by atoms with van der Waals surface area (Å²) in [6, 6.07) is 17.1. The van der Waals surface area contributed by atoms with Crippen LogP contribution >= 0.6 is 22.9 Å². The first-order valence-corrected chi connectivity index (χ1v) is 9.51. The van der Waals surface area contributed by atoms with Crippen molar-refractivity contribution in [3.8, 4) is 0 Å². The molecule has 2 aromatic carbocycles. The van der Waals surface area contributed by atoms with Crippen LogP contribution in [-0.2, 0) is 6.18 Å². The minimum Gasteiger partial charge on any atom is -0.263 e. The van der Waals surface area contributed by atoms with Gasteiger partial charge in [0.15, 0.2) is 0 Å². The molecule has 1 aromatic heterocycles. The number of benzene rings is 2. The summed E-state index contributed by atoms with van der Waals surface area (Å²) in [5.41, 5.74) is 1.43. The average Bonchev–Trinajstić information content (AvgIpc) is 3.31. The molecule has 0 bridgehead atoms. The predicted molar refractivity (Wildman–Crippen MR) is 104 cm³/mol. The van der Waals surface area contributed by atoms with Crippen LogP contribution in [0.25, 0.3) is 0 Å². The molecule has 27 heavy (non-hydrogen) atoms. The smallest absolute Gasteiger partial charge is 0.263 e.